The van der Waals surface area contributed by atoms with Crippen molar-refractivity contribution in [2.24, 2.45) is 25.9 Å². The highest BCUT2D eigenvalue weighted by Crippen LogP contribution is 2.56. The summed E-state index contributed by atoms with van der Waals surface area (Å²) in [7, 11) is 5.17. The molecule has 35 heavy (non-hydrogen) atoms. The number of anilines is 1. The van der Waals surface area contributed by atoms with Crippen LogP contribution in [0.25, 0.3) is 0 Å². The van der Waals surface area contributed by atoms with Gasteiger partial charge in [-0.3, -0.25) is 9.48 Å². The van der Waals surface area contributed by atoms with Crippen molar-refractivity contribution in [1.82, 2.24) is 24.3 Å². The van der Waals surface area contributed by atoms with Gasteiger partial charge in [-0.1, -0.05) is 11.6 Å². The molecule has 2 aliphatic carbocycles. The SMILES string of the molecule is COCc1nc(C2(O)CC3CC(c4ncn(C)c4C(=O)Nc4ccc(F)c(Cl)c4)CC3C2)n(C)n1. The normalized spacial score (nSPS) is 25.7. The highest BCUT2D eigenvalue weighted by Gasteiger charge is 2.52. The first kappa shape index (κ1) is 23.9. The molecule has 0 saturated heterocycles. The Morgan fingerprint density at radius 2 is 2.03 bits per heavy atom. The summed E-state index contributed by atoms with van der Waals surface area (Å²) >= 11 is 5.86. The third-order valence-electron chi connectivity index (χ3n) is 7.28. The fourth-order valence-electron chi connectivity index (χ4n) is 5.89. The van der Waals surface area contributed by atoms with Gasteiger partial charge in [-0.2, -0.15) is 5.10 Å². The summed E-state index contributed by atoms with van der Waals surface area (Å²) in [5.41, 5.74) is 0.610. The van der Waals surface area contributed by atoms with Gasteiger partial charge in [0, 0.05) is 32.8 Å². The monoisotopic (exact) mass is 502 g/mol. The molecular formula is C24H28ClFN6O3. The lowest BCUT2D eigenvalue weighted by molar-refractivity contribution is 0.0217. The van der Waals surface area contributed by atoms with Crippen molar-refractivity contribution < 1.29 is 19.0 Å². The number of amides is 1. The molecule has 2 N–H and O–H groups in total. The molecule has 2 aromatic heterocycles. The maximum Gasteiger partial charge on any atom is 0.274 e. The van der Waals surface area contributed by atoms with Crippen LogP contribution in [0.5, 0.6) is 0 Å². The number of hydrogen-bond acceptors (Lipinski definition) is 6. The number of ether oxygens (including phenoxy) is 1. The number of fused-ring (bicyclic) bond motifs is 1. The first-order valence-corrected chi connectivity index (χ1v) is 12.0. The van der Waals surface area contributed by atoms with Crippen LogP contribution in [0.3, 0.4) is 0 Å². The van der Waals surface area contributed by atoms with Gasteiger partial charge in [-0.25, -0.2) is 14.4 Å². The molecule has 0 aliphatic heterocycles. The largest absolute Gasteiger partial charge is 0.382 e. The van der Waals surface area contributed by atoms with Crippen LogP contribution in [0.2, 0.25) is 5.02 Å². The van der Waals surface area contributed by atoms with Gasteiger partial charge in [0.25, 0.3) is 5.91 Å². The van der Waals surface area contributed by atoms with Crippen molar-refractivity contribution in [3.63, 3.8) is 0 Å². The molecule has 1 aromatic carbocycles. The summed E-state index contributed by atoms with van der Waals surface area (Å²) in [6.07, 6.45) is 4.49. The number of carbonyl (C=O) groups is 1. The lowest BCUT2D eigenvalue weighted by Gasteiger charge is -2.23. The van der Waals surface area contributed by atoms with Crippen molar-refractivity contribution >= 4 is 23.2 Å². The number of aliphatic hydroxyl groups is 1. The van der Waals surface area contributed by atoms with Gasteiger partial charge in [0.15, 0.2) is 11.6 Å². The minimum Gasteiger partial charge on any atom is -0.382 e. The predicted octanol–water partition coefficient (Wildman–Crippen LogP) is 3.53. The Morgan fingerprint density at radius 3 is 2.69 bits per heavy atom. The summed E-state index contributed by atoms with van der Waals surface area (Å²) in [6, 6.07) is 4.08. The molecule has 2 heterocycles. The second kappa shape index (κ2) is 9.00. The van der Waals surface area contributed by atoms with Crippen molar-refractivity contribution in [3.8, 4) is 0 Å². The summed E-state index contributed by atoms with van der Waals surface area (Å²) in [4.78, 5) is 22.2. The van der Waals surface area contributed by atoms with E-state index in [9.17, 15) is 14.3 Å². The third kappa shape index (κ3) is 4.34. The van der Waals surface area contributed by atoms with E-state index in [1.54, 1.807) is 36.8 Å². The number of nitrogens with one attached hydrogen (secondary N) is 1. The quantitative estimate of drug-likeness (QED) is 0.534. The van der Waals surface area contributed by atoms with Gasteiger partial charge in [0.2, 0.25) is 0 Å². The van der Waals surface area contributed by atoms with Gasteiger partial charge in [0.05, 0.1) is 17.0 Å². The van der Waals surface area contributed by atoms with E-state index in [4.69, 9.17) is 16.3 Å². The van der Waals surface area contributed by atoms with Crippen LogP contribution in [0.15, 0.2) is 24.5 Å². The summed E-state index contributed by atoms with van der Waals surface area (Å²) in [6.45, 7) is 0.299. The van der Waals surface area contributed by atoms with E-state index in [1.165, 1.54) is 18.2 Å². The standard InChI is InChI=1S/C24H28ClFN6O3/c1-31-12-27-20(21(31)22(33)28-16-4-5-18(26)17(25)8-16)13-6-14-9-24(34,10-15(14)7-13)23-29-19(11-35-3)30-32(23)2/h4-5,8,12-15,34H,6-7,9-11H2,1-3H3,(H,28,33). The lowest BCUT2D eigenvalue weighted by atomic mass is 9.91. The molecule has 2 atom stereocenters. The van der Waals surface area contributed by atoms with Crippen LogP contribution in [-0.2, 0) is 31.0 Å². The van der Waals surface area contributed by atoms with E-state index < -0.39 is 11.4 Å². The first-order valence-electron chi connectivity index (χ1n) is 11.6. The Labute approximate surface area is 207 Å². The maximum atomic E-state index is 13.5. The average Bonchev–Trinajstić information content (AvgIpc) is 3.53. The Balaban J connectivity index is 1.31. The number of aryl methyl sites for hydroxylation is 2. The fourth-order valence-corrected chi connectivity index (χ4v) is 6.07. The van der Waals surface area contributed by atoms with E-state index in [1.807, 2.05) is 0 Å². The number of benzene rings is 1. The van der Waals surface area contributed by atoms with Crippen LogP contribution in [0, 0.1) is 17.7 Å². The second-order valence-corrected chi connectivity index (χ2v) is 10.1. The molecule has 11 heteroatoms. The molecule has 186 valence electrons. The number of hydrogen-bond donors (Lipinski definition) is 2. The van der Waals surface area contributed by atoms with E-state index >= 15 is 0 Å². The number of imidazole rings is 1. The van der Waals surface area contributed by atoms with Crippen LogP contribution in [-0.4, -0.2) is 42.4 Å². The van der Waals surface area contributed by atoms with Crippen LogP contribution in [0.4, 0.5) is 10.1 Å². The van der Waals surface area contributed by atoms with E-state index in [2.05, 4.69) is 20.4 Å². The van der Waals surface area contributed by atoms with E-state index in [0.29, 0.717) is 54.3 Å². The number of carbonyl (C=O) groups excluding carboxylic acids is 1. The number of rotatable bonds is 6. The Hall–Kier alpha value is -2.82. The Bertz CT molecular complexity index is 1260. The molecule has 0 bridgehead atoms. The maximum absolute atomic E-state index is 13.5. The Kier molecular flexibility index (Phi) is 6.14. The zero-order chi connectivity index (χ0) is 24.9. The van der Waals surface area contributed by atoms with Crippen molar-refractivity contribution in [2.75, 3.05) is 12.4 Å². The highest BCUT2D eigenvalue weighted by molar-refractivity contribution is 6.31. The molecule has 1 amide bonds. The number of methoxy groups -OCH3 is 1. The molecule has 0 spiro atoms. The summed E-state index contributed by atoms with van der Waals surface area (Å²) in [5, 5.41) is 18.6. The van der Waals surface area contributed by atoms with Gasteiger partial charge in [-0.05, 0) is 55.7 Å². The molecule has 2 aliphatic rings. The third-order valence-corrected chi connectivity index (χ3v) is 7.57. The zero-order valence-electron chi connectivity index (χ0n) is 19.8. The van der Waals surface area contributed by atoms with Crippen LogP contribution < -0.4 is 5.32 Å². The lowest BCUT2D eigenvalue weighted by Crippen LogP contribution is -2.27. The van der Waals surface area contributed by atoms with Gasteiger partial charge >= 0.3 is 0 Å². The molecular weight excluding hydrogens is 475 g/mol. The van der Waals surface area contributed by atoms with E-state index in [0.717, 1.165) is 18.5 Å². The van der Waals surface area contributed by atoms with Gasteiger partial charge in [0.1, 0.15) is 23.7 Å². The molecule has 9 nitrogen and oxygen atoms in total. The molecule has 5 rings (SSSR count). The summed E-state index contributed by atoms with van der Waals surface area (Å²) < 4.78 is 22.0. The molecule has 0 radical (unpaired) electrons. The predicted molar refractivity (Wildman–Crippen MR) is 126 cm³/mol. The minimum absolute atomic E-state index is 0.0543. The van der Waals surface area contributed by atoms with Gasteiger partial charge in [-0.15, -0.1) is 0 Å². The molecule has 2 fully saturated rings. The number of nitrogens with zero attached hydrogens (tertiary/aromatic N) is 5. The fraction of sp³-hybridized carbons (Fsp3) is 0.500. The van der Waals surface area contributed by atoms with Crippen LogP contribution in [0.1, 0.15) is 59.4 Å². The molecule has 2 saturated carbocycles. The topological polar surface area (TPSA) is 107 Å². The molecule has 2 unspecified atom stereocenters. The average molecular weight is 503 g/mol. The van der Waals surface area contributed by atoms with Crippen molar-refractivity contribution in [1.29, 1.82) is 0 Å². The first-order chi connectivity index (χ1) is 16.7. The minimum atomic E-state index is -1.03. The zero-order valence-corrected chi connectivity index (χ0v) is 20.6. The highest BCUT2D eigenvalue weighted by atomic mass is 35.5. The van der Waals surface area contributed by atoms with E-state index in [-0.39, 0.29) is 16.8 Å². The second-order valence-electron chi connectivity index (χ2n) is 9.71. The van der Waals surface area contributed by atoms with Gasteiger partial charge < -0.3 is 19.7 Å². The van der Waals surface area contributed by atoms with Crippen molar-refractivity contribution in [2.45, 2.75) is 43.8 Å². The van der Waals surface area contributed by atoms with Crippen molar-refractivity contribution in [3.05, 3.63) is 58.4 Å². The molecule has 3 aromatic rings. The number of halogens is 2. The number of aromatic nitrogens is 5. The summed E-state index contributed by atoms with van der Waals surface area (Å²) in [5.74, 6) is 0.964. The van der Waals surface area contributed by atoms with Crippen LogP contribution >= 0.6 is 11.6 Å². The smallest absolute Gasteiger partial charge is 0.274 e. The Morgan fingerprint density at radius 1 is 1.31 bits per heavy atom.